The first-order chi connectivity index (χ1) is 6.14. The molecule has 2 heteroatoms. The Hall–Kier alpha value is -0.790. The van der Waals surface area contributed by atoms with E-state index in [-0.39, 0.29) is 0 Å². The van der Waals surface area contributed by atoms with Gasteiger partial charge in [-0.25, -0.2) is 4.98 Å². The maximum atomic E-state index is 4.03. The lowest BCUT2D eigenvalue weighted by Gasteiger charge is -2.23. The second kappa shape index (κ2) is 4.45. The predicted molar refractivity (Wildman–Crippen MR) is 55.6 cm³/mol. The van der Waals surface area contributed by atoms with Crippen LogP contribution in [0, 0.1) is 5.41 Å². The molecule has 13 heavy (non-hydrogen) atoms. The van der Waals surface area contributed by atoms with Gasteiger partial charge >= 0.3 is 0 Å². The average molecular weight is 180 g/mol. The summed E-state index contributed by atoms with van der Waals surface area (Å²) in [6, 6.07) is 0. The van der Waals surface area contributed by atoms with Crippen molar-refractivity contribution in [3.05, 3.63) is 18.2 Å². The molecule has 1 aromatic heterocycles. The number of aromatic amines is 1. The lowest BCUT2D eigenvalue weighted by molar-refractivity contribution is 0.318. The van der Waals surface area contributed by atoms with Gasteiger partial charge in [-0.05, 0) is 18.3 Å². The molecular weight excluding hydrogens is 160 g/mol. The van der Waals surface area contributed by atoms with Crippen molar-refractivity contribution < 1.29 is 0 Å². The Morgan fingerprint density at radius 2 is 2.23 bits per heavy atom. The van der Waals surface area contributed by atoms with Gasteiger partial charge in [0.15, 0.2) is 0 Å². The van der Waals surface area contributed by atoms with Crippen LogP contribution in [-0.2, 0) is 6.42 Å². The standard InChI is InChI=1S/C11H20N2/c1-4-5-6-11(2,3)7-10-8-12-9-13-10/h8-9H,4-7H2,1-3H3,(H,12,13). The molecule has 0 aromatic carbocycles. The molecule has 0 unspecified atom stereocenters. The SMILES string of the molecule is CCCCC(C)(C)Cc1cnc[nH]1. The van der Waals surface area contributed by atoms with E-state index in [1.54, 1.807) is 6.33 Å². The number of aromatic nitrogens is 2. The Morgan fingerprint density at radius 1 is 1.46 bits per heavy atom. The summed E-state index contributed by atoms with van der Waals surface area (Å²) in [4.78, 5) is 7.19. The molecule has 1 N–H and O–H groups in total. The summed E-state index contributed by atoms with van der Waals surface area (Å²) in [5.41, 5.74) is 1.66. The van der Waals surface area contributed by atoms with E-state index >= 15 is 0 Å². The van der Waals surface area contributed by atoms with E-state index in [1.165, 1.54) is 25.0 Å². The number of unbranched alkanes of at least 4 members (excludes halogenated alkanes) is 1. The van der Waals surface area contributed by atoms with Crippen LogP contribution in [-0.4, -0.2) is 9.97 Å². The van der Waals surface area contributed by atoms with E-state index < -0.39 is 0 Å². The van der Waals surface area contributed by atoms with Crippen molar-refractivity contribution in [1.29, 1.82) is 0 Å². The van der Waals surface area contributed by atoms with Crippen LogP contribution in [0.1, 0.15) is 45.7 Å². The smallest absolute Gasteiger partial charge is 0.0921 e. The van der Waals surface area contributed by atoms with Crippen LogP contribution in [0.5, 0.6) is 0 Å². The van der Waals surface area contributed by atoms with Gasteiger partial charge in [-0.1, -0.05) is 33.6 Å². The highest BCUT2D eigenvalue weighted by Crippen LogP contribution is 2.26. The maximum absolute atomic E-state index is 4.03. The van der Waals surface area contributed by atoms with E-state index in [1.807, 2.05) is 6.20 Å². The van der Waals surface area contributed by atoms with E-state index in [2.05, 4.69) is 30.7 Å². The lowest BCUT2D eigenvalue weighted by Crippen LogP contribution is -2.14. The molecule has 0 spiro atoms. The maximum Gasteiger partial charge on any atom is 0.0921 e. The summed E-state index contributed by atoms with van der Waals surface area (Å²) in [6.45, 7) is 6.89. The Balaban J connectivity index is 2.42. The summed E-state index contributed by atoms with van der Waals surface area (Å²) >= 11 is 0. The number of nitrogens with one attached hydrogen (secondary N) is 1. The Labute approximate surface area is 80.8 Å². The largest absolute Gasteiger partial charge is 0.348 e. The van der Waals surface area contributed by atoms with Crippen LogP contribution in [0.4, 0.5) is 0 Å². The van der Waals surface area contributed by atoms with Crippen LogP contribution in [0.3, 0.4) is 0 Å². The fourth-order valence-electron chi connectivity index (χ4n) is 1.64. The Bertz CT molecular complexity index is 224. The van der Waals surface area contributed by atoms with Crippen molar-refractivity contribution >= 4 is 0 Å². The third kappa shape index (κ3) is 3.62. The van der Waals surface area contributed by atoms with Crippen LogP contribution in [0.15, 0.2) is 12.5 Å². The Kier molecular flexibility index (Phi) is 3.52. The highest BCUT2D eigenvalue weighted by atomic mass is 14.9. The number of rotatable bonds is 5. The molecule has 1 rings (SSSR count). The van der Waals surface area contributed by atoms with Gasteiger partial charge in [0, 0.05) is 11.9 Å². The average Bonchev–Trinajstić information content (AvgIpc) is 2.52. The minimum Gasteiger partial charge on any atom is -0.348 e. The molecular formula is C11H20N2. The molecule has 2 nitrogen and oxygen atoms in total. The fraction of sp³-hybridized carbons (Fsp3) is 0.727. The van der Waals surface area contributed by atoms with Crippen molar-refractivity contribution in [3.63, 3.8) is 0 Å². The number of imidazole rings is 1. The molecule has 0 aliphatic carbocycles. The second-order valence-electron chi connectivity index (χ2n) is 4.52. The number of hydrogen-bond donors (Lipinski definition) is 1. The van der Waals surface area contributed by atoms with Crippen molar-refractivity contribution in [3.8, 4) is 0 Å². The van der Waals surface area contributed by atoms with Gasteiger partial charge < -0.3 is 4.98 Å². The molecule has 0 radical (unpaired) electrons. The lowest BCUT2D eigenvalue weighted by atomic mass is 9.83. The minimum atomic E-state index is 0.405. The van der Waals surface area contributed by atoms with Gasteiger partial charge in [0.1, 0.15) is 0 Å². The monoisotopic (exact) mass is 180 g/mol. The molecule has 1 aromatic rings. The van der Waals surface area contributed by atoms with Gasteiger partial charge in [-0.3, -0.25) is 0 Å². The molecule has 0 bridgehead atoms. The predicted octanol–water partition coefficient (Wildman–Crippen LogP) is 3.17. The summed E-state index contributed by atoms with van der Waals surface area (Å²) in [6.07, 6.45) is 8.68. The third-order valence-electron chi connectivity index (χ3n) is 2.43. The zero-order valence-electron chi connectivity index (χ0n) is 8.93. The van der Waals surface area contributed by atoms with Gasteiger partial charge in [0.2, 0.25) is 0 Å². The molecule has 0 atom stereocenters. The first-order valence-corrected chi connectivity index (χ1v) is 5.11. The Morgan fingerprint density at radius 3 is 2.77 bits per heavy atom. The molecule has 0 amide bonds. The van der Waals surface area contributed by atoms with Gasteiger partial charge in [-0.2, -0.15) is 0 Å². The molecule has 0 fully saturated rings. The van der Waals surface area contributed by atoms with E-state index in [4.69, 9.17) is 0 Å². The van der Waals surface area contributed by atoms with Gasteiger partial charge in [0.25, 0.3) is 0 Å². The van der Waals surface area contributed by atoms with Crippen molar-refractivity contribution in [1.82, 2.24) is 9.97 Å². The van der Waals surface area contributed by atoms with Crippen molar-refractivity contribution in [2.75, 3.05) is 0 Å². The summed E-state index contributed by atoms with van der Waals surface area (Å²) in [7, 11) is 0. The molecule has 1 heterocycles. The molecule has 0 aliphatic heterocycles. The zero-order chi connectivity index (χ0) is 9.73. The number of nitrogens with zero attached hydrogens (tertiary/aromatic N) is 1. The topological polar surface area (TPSA) is 28.7 Å². The van der Waals surface area contributed by atoms with E-state index in [9.17, 15) is 0 Å². The second-order valence-corrected chi connectivity index (χ2v) is 4.52. The number of H-pyrrole nitrogens is 1. The van der Waals surface area contributed by atoms with Gasteiger partial charge in [0.05, 0.1) is 6.33 Å². The first-order valence-electron chi connectivity index (χ1n) is 5.11. The van der Waals surface area contributed by atoms with Crippen molar-refractivity contribution in [2.24, 2.45) is 5.41 Å². The van der Waals surface area contributed by atoms with E-state index in [0.717, 1.165) is 6.42 Å². The summed E-state index contributed by atoms with van der Waals surface area (Å²) in [5.74, 6) is 0. The van der Waals surface area contributed by atoms with Crippen molar-refractivity contribution in [2.45, 2.75) is 46.5 Å². The fourth-order valence-corrected chi connectivity index (χ4v) is 1.64. The summed E-state index contributed by atoms with van der Waals surface area (Å²) < 4.78 is 0. The highest BCUT2D eigenvalue weighted by molar-refractivity contribution is 4.98. The quantitative estimate of drug-likeness (QED) is 0.740. The van der Waals surface area contributed by atoms with Crippen LogP contribution in [0.2, 0.25) is 0 Å². The number of hydrogen-bond acceptors (Lipinski definition) is 1. The zero-order valence-corrected chi connectivity index (χ0v) is 8.93. The third-order valence-corrected chi connectivity index (χ3v) is 2.43. The van der Waals surface area contributed by atoms with Crippen LogP contribution >= 0.6 is 0 Å². The molecule has 0 saturated heterocycles. The first kappa shape index (κ1) is 10.3. The van der Waals surface area contributed by atoms with Crippen LogP contribution < -0.4 is 0 Å². The van der Waals surface area contributed by atoms with Crippen LogP contribution in [0.25, 0.3) is 0 Å². The molecule has 0 saturated carbocycles. The summed E-state index contributed by atoms with van der Waals surface area (Å²) in [5, 5.41) is 0. The normalized spacial score (nSPS) is 11.9. The molecule has 74 valence electrons. The van der Waals surface area contributed by atoms with Gasteiger partial charge in [-0.15, -0.1) is 0 Å². The minimum absolute atomic E-state index is 0.405. The highest BCUT2D eigenvalue weighted by Gasteiger charge is 2.18. The molecule has 0 aliphatic rings. The van der Waals surface area contributed by atoms with E-state index in [0.29, 0.717) is 5.41 Å².